The van der Waals surface area contributed by atoms with Gasteiger partial charge in [-0.15, -0.1) is 0 Å². The first kappa shape index (κ1) is 20.8. The number of benzene rings is 2. The van der Waals surface area contributed by atoms with Gasteiger partial charge in [-0.25, -0.2) is 13.6 Å². The first-order chi connectivity index (χ1) is 13.7. The molecule has 8 nitrogen and oxygen atoms in total. The number of anilines is 1. The number of ether oxygens (including phenoxy) is 2. The van der Waals surface area contributed by atoms with E-state index < -0.39 is 10.0 Å². The quantitative estimate of drug-likeness (QED) is 0.726. The maximum absolute atomic E-state index is 12.9. The van der Waals surface area contributed by atoms with Gasteiger partial charge in [0, 0.05) is 0 Å². The van der Waals surface area contributed by atoms with Crippen LogP contribution in [0.3, 0.4) is 0 Å². The van der Waals surface area contributed by atoms with Crippen molar-refractivity contribution in [2.75, 3.05) is 19.2 Å². The Balaban J connectivity index is 1.95. The fraction of sp³-hybridized carbons (Fsp3) is 0.158. The standard InChI is InChI=1S/C19H18ClN3O5S/c1-11-15(8-12-9-16(20)18(28-3)17(10-12)27-2)19(24)23(22-11)13-4-6-14(7-5-13)29(21,25)26/h4-10H,1-3H3,(H2,21,25,26)/b15-8-. The third-order valence-corrected chi connectivity index (χ3v) is 5.45. The van der Waals surface area contributed by atoms with Crippen LogP contribution >= 0.6 is 11.6 Å². The molecule has 2 aromatic carbocycles. The van der Waals surface area contributed by atoms with Crippen molar-refractivity contribution in [1.82, 2.24) is 0 Å². The van der Waals surface area contributed by atoms with Gasteiger partial charge in [0.05, 0.1) is 41.1 Å². The van der Waals surface area contributed by atoms with Crippen LogP contribution in [-0.4, -0.2) is 34.3 Å². The minimum Gasteiger partial charge on any atom is -0.493 e. The molecule has 0 spiro atoms. The minimum absolute atomic E-state index is 0.0515. The van der Waals surface area contributed by atoms with E-state index in [-0.39, 0.29) is 10.8 Å². The molecule has 0 fully saturated rings. The molecule has 2 N–H and O–H groups in total. The van der Waals surface area contributed by atoms with E-state index in [1.807, 2.05) is 0 Å². The molecule has 0 saturated heterocycles. The number of rotatable bonds is 5. The highest BCUT2D eigenvalue weighted by Crippen LogP contribution is 2.37. The Morgan fingerprint density at radius 1 is 1.14 bits per heavy atom. The van der Waals surface area contributed by atoms with Gasteiger partial charge in [0.15, 0.2) is 11.5 Å². The number of amides is 1. The predicted octanol–water partition coefficient (Wildman–Crippen LogP) is 2.81. The summed E-state index contributed by atoms with van der Waals surface area (Å²) in [6, 6.07) is 8.91. The molecule has 1 amide bonds. The number of hydrogen-bond donors (Lipinski definition) is 1. The van der Waals surface area contributed by atoms with E-state index in [1.165, 1.54) is 43.5 Å². The summed E-state index contributed by atoms with van der Waals surface area (Å²) in [5, 5.41) is 10.9. The molecule has 0 aromatic heterocycles. The Bertz CT molecular complexity index is 1140. The summed E-state index contributed by atoms with van der Waals surface area (Å²) >= 11 is 6.23. The van der Waals surface area contributed by atoms with Gasteiger partial charge in [-0.3, -0.25) is 4.79 Å². The second-order valence-corrected chi connectivity index (χ2v) is 8.11. The molecule has 10 heteroatoms. The van der Waals surface area contributed by atoms with E-state index in [2.05, 4.69) is 5.10 Å². The van der Waals surface area contributed by atoms with Crippen LogP contribution in [0.1, 0.15) is 12.5 Å². The van der Waals surface area contributed by atoms with Crippen molar-refractivity contribution in [3.63, 3.8) is 0 Å². The second-order valence-electron chi connectivity index (χ2n) is 6.14. The molecular formula is C19H18ClN3O5S. The van der Waals surface area contributed by atoms with Crippen molar-refractivity contribution in [2.45, 2.75) is 11.8 Å². The zero-order chi connectivity index (χ0) is 21.3. The summed E-state index contributed by atoms with van der Waals surface area (Å²) in [5.74, 6) is 0.468. The number of sulfonamides is 1. The van der Waals surface area contributed by atoms with Gasteiger partial charge in [0.1, 0.15) is 0 Å². The molecule has 29 heavy (non-hydrogen) atoms. The van der Waals surface area contributed by atoms with E-state index in [0.717, 1.165) is 0 Å². The molecular weight excluding hydrogens is 418 g/mol. The molecule has 2 aromatic rings. The molecule has 0 aliphatic carbocycles. The highest BCUT2D eigenvalue weighted by Gasteiger charge is 2.29. The number of halogens is 1. The van der Waals surface area contributed by atoms with E-state index in [4.69, 9.17) is 26.2 Å². The average Bonchev–Trinajstić information content (AvgIpc) is 2.95. The number of hydrazone groups is 1. The van der Waals surface area contributed by atoms with Crippen LogP contribution < -0.4 is 19.6 Å². The lowest BCUT2D eigenvalue weighted by atomic mass is 10.1. The highest BCUT2D eigenvalue weighted by atomic mass is 35.5. The Kier molecular flexibility index (Phi) is 5.65. The summed E-state index contributed by atoms with van der Waals surface area (Å²) in [5.41, 5.74) is 1.91. The molecule has 3 rings (SSSR count). The predicted molar refractivity (Wildman–Crippen MR) is 111 cm³/mol. The summed E-state index contributed by atoms with van der Waals surface area (Å²) in [7, 11) is -0.845. The second kappa shape index (κ2) is 7.86. The maximum atomic E-state index is 12.9. The van der Waals surface area contributed by atoms with Crippen molar-refractivity contribution in [2.24, 2.45) is 10.2 Å². The van der Waals surface area contributed by atoms with Crippen molar-refractivity contribution in [3.8, 4) is 11.5 Å². The molecule has 0 unspecified atom stereocenters. The number of hydrogen-bond acceptors (Lipinski definition) is 6. The van der Waals surface area contributed by atoms with Gasteiger partial charge in [0.2, 0.25) is 10.0 Å². The number of methoxy groups -OCH3 is 2. The van der Waals surface area contributed by atoms with Gasteiger partial charge in [0.25, 0.3) is 5.91 Å². The molecule has 152 valence electrons. The van der Waals surface area contributed by atoms with Crippen LogP contribution in [0.15, 0.2) is 52.0 Å². The van der Waals surface area contributed by atoms with Crippen LogP contribution in [0.2, 0.25) is 5.02 Å². The molecule has 0 bridgehead atoms. The number of carbonyl (C=O) groups is 1. The molecule has 1 aliphatic rings. The topological polar surface area (TPSA) is 111 Å². The number of nitrogens with zero attached hydrogens (tertiary/aromatic N) is 2. The zero-order valence-corrected chi connectivity index (χ0v) is 17.4. The SMILES string of the molecule is COc1cc(/C=C2\C(=O)N(c3ccc(S(N)(=O)=O)cc3)N=C2C)cc(Cl)c1OC. The van der Waals surface area contributed by atoms with Crippen LogP contribution in [0, 0.1) is 0 Å². The van der Waals surface area contributed by atoms with E-state index in [1.54, 1.807) is 25.1 Å². The zero-order valence-electron chi connectivity index (χ0n) is 15.8. The van der Waals surface area contributed by atoms with E-state index in [9.17, 15) is 13.2 Å². The molecule has 1 aliphatic heterocycles. The summed E-state index contributed by atoms with van der Waals surface area (Å²) in [6.45, 7) is 1.70. The normalized spacial score (nSPS) is 15.6. The monoisotopic (exact) mass is 435 g/mol. The summed E-state index contributed by atoms with van der Waals surface area (Å²) < 4.78 is 33.3. The summed E-state index contributed by atoms with van der Waals surface area (Å²) in [4.78, 5) is 12.8. The fourth-order valence-electron chi connectivity index (χ4n) is 2.82. The Labute approximate surface area is 173 Å². The number of nitrogens with two attached hydrogens (primary N) is 1. The van der Waals surface area contributed by atoms with E-state index in [0.29, 0.717) is 39.1 Å². The smallest absolute Gasteiger partial charge is 0.280 e. The van der Waals surface area contributed by atoms with Crippen molar-refractivity contribution in [1.29, 1.82) is 0 Å². The largest absolute Gasteiger partial charge is 0.493 e. The number of carbonyl (C=O) groups excluding carboxylic acids is 1. The van der Waals surface area contributed by atoms with Gasteiger partial charge in [-0.2, -0.15) is 10.1 Å². The Morgan fingerprint density at radius 3 is 2.34 bits per heavy atom. The van der Waals surface area contributed by atoms with Crippen LogP contribution in [0.5, 0.6) is 11.5 Å². The van der Waals surface area contributed by atoms with Gasteiger partial charge in [-0.1, -0.05) is 11.6 Å². The minimum atomic E-state index is -3.82. The molecule has 0 radical (unpaired) electrons. The van der Waals surface area contributed by atoms with Crippen molar-refractivity contribution >= 4 is 45.0 Å². The van der Waals surface area contributed by atoms with Gasteiger partial charge in [-0.05, 0) is 55.0 Å². The first-order valence-corrected chi connectivity index (χ1v) is 10.2. The summed E-state index contributed by atoms with van der Waals surface area (Å²) in [6.07, 6.45) is 1.65. The third-order valence-electron chi connectivity index (χ3n) is 4.24. The van der Waals surface area contributed by atoms with Crippen molar-refractivity contribution in [3.05, 3.63) is 52.6 Å². The molecule has 1 heterocycles. The van der Waals surface area contributed by atoms with Gasteiger partial charge >= 0.3 is 0 Å². The lowest BCUT2D eigenvalue weighted by Crippen LogP contribution is -2.21. The fourth-order valence-corrected chi connectivity index (χ4v) is 3.64. The highest BCUT2D eigenvalue weighted by molar-refractivity contribution is 7.89. The molecule has 0 saturated carbocycles. The maximum Gasteiger partial charge on any atom is 0.280 e. The molecule has 0 atom stereocenters. The Hall–Kier alpha value is -2.88. The lowest BCUT2D eigenvalue weighted by Gasteiger charge is -2.12. The van der Waals surface area contributed by atoms with E-state index >= 15 is 0 Å². The Morgan fingerprint density at radius 2 is 1.79 bits per heavy atom. The first-order valence-electron chi connectivity index (χ1n) is 8.32. The average molecular weight is 436 g/mol. The van der Waals surface area contributed by atoms with Crippen molar-refractivity contribution < 1.29 is 22.7 Å². The van der Waals surface area contributed by atoms with Crippen LogP contribution in [-0.2, 0) is 14.8 Å². The lowest BCUT2D eigenvalue weighted by molar-refractivity contribution is -0.114. The number of primary sulfonamides is 1. The van der Waals surface area contributed by atoms with Crippen LogP contribution in [0.25, 0.3) is 6.08 Å². The third kappa shape index (κ3) is 4.12. The van der Waals surface area contributed by atoms with Gasteiger partial charge < -0.3 is 9.47 Å². The van der Waals surface area contributed by atoms with Crippen LogP contribution in [0.4, 0.5) is 5.69 Å².